The van der Waals surface area contributed by atoms with Gasteiger partial charge in [-0.3, -0.25) is 9.59 Å². The van der Waals surface area contributed by atoms with Gasteiger partial charge in [-0.25, -0.2) is 0 Å². The van der Waals surface area contributed by atoms with Crippen LogP contribution in [0.15, 0.2) is 36.4 Å². The molecule has 2 aromatic carbocycles. The van der Waals surface area contributed by atoms with Crippen molar-refractivity contribution < 1.29 is 14.3 Å². The number of amides is 2. The van der Waals surface area contributed by atoms with Crippen molar-refractivity contribution in [2.75, 3.05) is 12.4 Å². The molecule has 2 aromatic rings. The maximum absolute atomic E-state index is 12.5. The van der Waals surface area contributed by atoms with Gasteiger partial charge < -0.3 is 15.8 Å². The molecule has 0 unspecified atom stereocenters. The second kappa shape index (κ2) is 6.30. The summed E-state index contributed by atoms with van der Waals surface area (Å²) in [6.07, 6.45) is 0. The van der Waals surface area contributed by atoms with Crippen LogP contribution in [-0.4, -0.2) is 18.9 Å². The number of nitrogens with one attached hydrogen (secondary N) is 1. The molecule has 0 radical (unpaired) electrons. The monoisotopic (exact) mass is 298 g/mol. The summed E-state index contributed by atoms with van der Waals surface area (Å²) >= 11 is 0. The number of primary amides is 1. The minimum Gasteiger partial charge on any atom is -0.496 e. The van der Waals surface area contributed by atoms with E-state index in [1.54, 1.807) is 24.3 Å². The molecule has 0 spiro atoms. The smallest absolute Gasteiger partial charge is 0.259 e. The maximum atomic E-state index is 12.5. The SMILES string of the molecule is COc1cc(C)cc(C)c1C(=O)Nc1ccc(C(N)=O)cc1. The lowest BCUT2D eigenvalue weighted by atomic mass is 10.0. The number of hydrogen-bond donors (Lipinski definition) is 2. The predicted octanol–water partition coefficient (Wildman–Crippen LogP) is 2.66. The summed E-state index contributed by atoms with van der Waals surface area (Å²) in [4.78, 5) is 23.5. The van der Waals surface area contributed by atoms with E-state index in [0.29, 0.717) is 22.6 Å². The van der Waals surface area contributed by atoms with E-state index in [1.807, 2.05) is 26.0 Å². The Morgan fingerprint density at radius 3 is 2.27 bits per heavy atom. The minimum absolute atomic E-state index is 0.263. The number of anilines is 1. The largest absolute Gasteiger partial charge is 0.496 e. The van der Waals surface area contributed by atoms with E-state index in [0.717, 1.165) is 11.1 Å². The Hall–Kier alpha value is -2.82. The second-order valence-electron chi connectivity index (χ2n) is 5.05. The third kappa shape index (κ3) is 3.25. The number of benzene rings is 2. The highest BCUT2D eigenvalue weighted by atomic mass is 16.5. The normalized spacial score (nSPS) is 10.1. The molecule has 0 fully saturated rings. The van der Waals surface area contributed by atoms with Crippen LogP contribution in [0.1, 0.15) is 31.8 Å². The Morgan fingerprint density at radius 1 is 1.09 bits per heavy atom. The van der Waals surface area contributed by atoms with E-state index >= 15 is 0 Å². The van der Waals surface area contributed by atoms with Gasteiger partial charge in [0.05, 0.1) is 12.7 Å². The maximum Gasteiger partial charge on any atom is 0.259 e. The lowest BCUT2D eigenvalue weighted by molar-refractivity contribution is 0.0998. The Kier molecular flexibility index (Phi) is 4.46. The Balaban J connectivity index is 2.27. The second-order valence-corrected chi connectivity index (χ2v) is 5.05. The van der Waals surface area contributed by atoms with E-state index in [4.69, 9.17) is 10.5 Å². The fourth-order valence-electron chi connectivity index (χ4n) is 2.29. The van der Waals surface area contributed by atoms with Crippen molar-refractivity contribution in [1.82, 2.24) is 0 Å². The fraction of sp³-hybridized carbons (Fsp3) is 0.176. The molecule has 2 amide bonds. The molecule has 2 rings (SSSR count). The molecule has 0 aromatic heterocycles. The fourth-order valence-corrected chi connectivity index (χ4v) is 2.29. The molecule has 0 bridgehead atoms. The van der Waals surface area contributed by atoms with Crippen molar-refractivity contribution in [2.45, 2.75) is 13.8 Å². The van der Waals surface area contributed by atoms with Crippen molar-refractivity contribution in [2.24, 2.45) is 5.73 Å². The summed E-state index contributed by atoms with van der Waals surface area (Å²) in [5.74, 6) is -0.237. The lowest BCUT2D eigenvalue weighted by Gasteiger charge is -2.13. The van der Waals surface area contributed by atoms with E-state index in [2.05, 4.69) is 5.32 Å². The number of nitrogens with two attached hydrogens (primary N) is 1. The summed E-state index contributed by atoms with van der Waals surface area (Å²) in [5, 5.41) is 2.79. The van der Waals surface area contributed by atoms with Crippen LogP contribution in [-0.2, 0) is 0 Å². The Morgan fingerprint density at radius 2 is 1.73 bits per heavy atom. The lowest BCUT2D eigenvalue weighted by Crippen LogP contribution is -2.15. The number of rotatable bonds is 4. The summed E-state index contributed by atoms with van der Waals surface area (Å²) in [7, 11) is 1.53. The number of ether oxygens (including phenoxy) is 1. The van der Waals surface area contributed by atoms with Gasteiger partial charge in [0.1, 0.15) is 5.75 Å². The van der Waals surface area contributed by atoms with Crippen molar-refractivity contribution in [3.63, 3.8) is 0 Å². The molecule has 114 valence electrons. The molecular weight excluding hydrogens is 280 g/mol. The molecule has 0 atom stereocenters. The van der Waals surface area contributed by atoms with Gasteiger partial charge in [-0.2, -0.15) is 0 Å². The molecule has 0 aliphatic rings. The van der Waals surface area contributed by atoms with Gasteiger partial charge in [-0.15, -0.1) is 0 Å². The van der Waals surface area contributed by atoms with Crippen molar-refractivity contribution in [3.05, 3.63) is 58.7 Å². The summed E-state index contributed by atoms with van der Waals surface area (Å²) in [5.41, 5.74) is 8.51. The summed E-state index contributed by atoms with van der Waals surface area (Å²) in [6.45, 7) is 3.81. The van der Waals surface area contributed by atoms with Gasteiger partial charge in [-0.1, -0.05) is 6.07 Å². The summed E-state index contributed by atoms with van der Waals surface area (Å²) < 4.78 is 5.29. The minimum atomic E-state index is -0.506. The molecule has 0 aliphatic carbocycles. The molecule has 0 saturated heterocycles. The highest BCUT2D eigenvalue weighted by Crippen LogP contribution is 2.25. The molecule has 0 heterocycles. The van der Waals surface area contributed by atoms with Crippen LogP contribution in [0.25, 0.3) is 0 Å². The van der Waals surface area contributed by atoms with Crippen LogP contribution < -0.4 is 15.8 Å². The Labute approximate surface area is 129 Å². The van der Waals surface area contributed by atoms with Crippen LogP contribution in [0.2, 0.25) is 0 Å². The van der Waals surface area contributed by atoms with E-state index in [1.165, 1.54) is 7.11 Å². The highest BCUT2D eigenvalue weighted by molar-refractivity contribution is 6.07. The van der Waals surface area contributed by atoms with Crippen LogP contribution in [0, 0.1) is 13.8 Å². The first-order chi connectivity index (χ1) is 10.4. The van der Waals surface area contributed by atoms with Crippen LogP contribution in [0.5, 0.6) is 5.75 Å². The van der Waals surface area contributed by atoms with Gasteiger partial charge >= 0.3 is 0 Å². The highest BCUT2D eigenvalue weighted by Gasteiger charge is 2.16. The standard InChI is InChI=1S/C17H18N2O3/c1-10-8-11(2)15(14(9-10)22-3)17(21)19-13-6-4-12(5-7-13)16(18)20/h4-9H,1-3H3,(H2,18,20)(H,19,21). The third-order valence-electron chi connectivity index (χ3n) is 3.32. The zero-order valence-corrected chi connectivity index (χ0v) is 12.8. The van der Waals surface area contributed by atoms with Crippen LogP contribution in [0.3, 0.4) is 0 Å². The molecule has 5 heteroatoms. The first-order valence-corrected chi connectivity index (χ1v) is 6.79. The molecular formula is C17H18N2O3. The number of hydrogen-bond acceptors (Lipinski definition) is 3. The molecule has 0 aliphatic heterocycles. The average Bonchev–Trinajstić information content (AvgIpc) is 2.46. The first-order valence-electron chi connectivity index (χ1n) is 6.79. The number of methoxy groups -OCH3 is 1. The van der Waals surface area contributed by atoms with Gasteiger partial charge in [0.25, 0.3) is 5.91 Å². The number of carbonyl (C=O) groups is 2. The van der Waals surface area contributed by atoms with Gasteiger partial charge in [0, 0.05) is 11.3 Å². The first kappa shape index (κ1) is 15.6. The van der Waals surface area contributed by atoms with Crippen LogP contribution in [0.4, 0.5) is 5.69 Å². The zero-order valence-electron chi connectivity index (χ0n) is 12.8. The third-order valence-corrected chi connectivity index (χ3v) is 3.32. The summed E-state index contributed by atoms with van der Waals surface area (Å²) in [6, 6.07) is 10.1. The predicted molar refractivity (Wildman–Crippen MR) is 85.4 cm³/mol. The van der Waals surface area contributed by atoms with E-state index in [-0.39, 0.29) is 5.91 Å². The van der Waals surface area contributed by atoms with Gasteiger partial charge in [0.2, 0.25) is 5.91 Å². The zero-order chi connectivity index (χ0) is 16.3. The number of carbonyl (C=O) groups excluding carboxylic acids is 2. The molecule has 0 saturated carbocycles. The van der Waals surface area contributed by atoms with Gasteiger partial charge in [-0.05, 0) is 55.3 Å². The topological polar surface area (TPSA) is 81.4 Å². The quantitative estimate of drug-likeness (QED) is 0.910. The van der Waals surface area contributed by atoms with Gasteiger partial charge in [0.15, 0.2) is 0 Å². The Bertz CT molecular complexity index is 721. The average molecular weight is 298 g/mol. The molecule has 3 N–H and O–H groups in total. The van der Waals surface area contributed by atoms with Crippen molar-refractivity contribution in [1.29, 1.82) is 0 Å². The van der Waals surface area contributed by atoms with Crippen molar-refractivity contribution >= 4 is 17.5 Å². The number of aryl methyl sites for hydroxylation is 2. The van der Waals surface area contributed by atoms with E-state index in [9.17, 15) is 9.59 Å². The van der Waals surface area contributed by atoms with Crippen molar-refractivity contribution in [3.8, 4) is 5.75 Å². The molecule has 22 heavy (non-hydrogen) atoms. The van der Waals surface area contributed by atoms with E-state index < -0.39 is 5.91 Å². The molecule has 5 nitrogen and oxygen atoms in total. The van der Waals surface area contributed by atoms with Crippen LogP contribution >= 0.6 is 0 Å².